The Hall–Kier alpha value is -0.890. The van der Waals surface area contributed by atoms with Gasteiger partial charge in [-0.1, -0.05) is 13.0 Å². The highest BCUT2D eigenvalue weighted by molar-refractivity contribution is 5.08. The Morgan fingerprint density at radius 3 is 2.81 bits per heavy atom. The monoisotopic (exact) mass is 218 g/mol. The van der Waals surface area contributed by atoms with E-state index < -0.39 is 0 Å². The number of rotatable bonds is 3. The van der Waals surface area contributed by atoms with E-state index in [1.165, 1.54) is 31.2 Å². The van der Waals surface area contributed by atoms with Crippen LogP contribution in [0.25, 0.3) is 0 Å². The third-order valence-electron chi connectivity index (χ3n) is 3.82. The molecule has 2 heteroatoms. The average molecular weight is 218 g/mol. The predicted octanol–water partition coefficient (Wildman–Crippen LogP) is 3.14. The van der Waals surface area contributed by atoms with Crippen LogP contribution >= 0.6 is 0 Å². The van der Waals surface area contributed by atoms with Crippen molar-refractivity contribution in [1.29, 1.82) is 0 Å². The lowest BCUT2D eigenvalue weighted by atomic mass is 9.78. The highest BCUT2D eigenvalue weighted by atomic mass is 15.0. The molecule has 0 bridgehead atoms. The molecule has 1 saturated carbocycles. The molecule has 0 saturated heterocycles. The molecule has 0 unspecified atom stereocenters. The van der Waals surface area contributed by atoms with E-state index in [4.69, 9.17) is 0 Å². The summed E-state index contributed by atoms with van der Waals surface area (Å²) in [7, 11) is 0. The Morgan fingerprint density at radius 1 is 1.44 bits per heavy atom. The Labute approximate surface area is 98.5 Å². The first-order chi connectivity index (χ1) is 7.68. The lowest BCUT2D eigenvalue weighted by Gasteiger charge is -2.37. The number of hydrogen-bond donors (Lipinski definition) is 1. The van der Waals surface area contributed by atoms with Gasteiger partial charge in [0, 0.05) is 24.5 Å². The molecule has 0 radical (unpaired) electrons. The van der Waals surface area contributed by atoms with E-state index in [9.17, 15) is 0 Å². The first-order valence-corrected chi connectivity index (χ1v) is 6.32. The van der Waals surface area contributed by atoms with Crippen molar-refractivity contribution in [1.82, 2.24) is 10.3 Å². The van der Waals surface area contributed by atoms with Crippen LogP contribution in [-0.2, 0) is 6.54 Å². The molecule has 1 aromatic heterocycles. The van der Waals surface area contributed by atoms with Crippen LogP contribution in [-0.4, -0.2) is 10.5 Å². The van der Waals surface area contributed by atoms with Gasteiger partial charge < -0.3 is 5.32 Å². The molecule has 0 amide bonds. The fourth-order valence-electron chi connectivity index (χ4n) is 2.39. The summed E-state index contributed by atoms with van der Waals surface area (Å²) in [5.41, 5.74) is 1.62. The summed E-state index contributed by atoms with van der Waals surface area (Å²) in [5, 5.41) is 3.69. The Bertz CT molecular complexity index is 313. The SMILES string of the molecule is CC1CCC(C)(NCc2cccnc2)CC1. The summed E-state index contributed by atoms with van der Waals surface area (Å²) in [6.07, 6.45) is 9.09. The zero-order chi connectivity index (χ0) is 11.4. The zero-order valence-electron chi connectivity index (χ0n) is 10.4. The summed E-state index contributed by atoms with van der Waals surface area (Å²) < 4.78 is 0. The second kappa shape index (κ2) is 4.96. The van der Waals surface area contributed by atoms with Crippen LogP contribution in [0.5, 0.6) is 0 Å². The van der Waals surface area contributed by atoms with Gasteiger partial charge in [-0.3, -0.25) is 4.98 Å². The van der Waals surface area contributed by atoms with Gasteiger partial charge in [0.15, 0.2) is 0 Å². The molecule has 1 aliphatic carbocycles. The van der Waals surface area contributed by atoms with E-state index in [1.807, 2.05) is 18.5 Å². The Kier molecular flexibility index (Phi) is 3.59. The number of aromatic nitrogens is 1. The third kappa shape index (κ3) is 3.05. The van der Waals surface area contributed by atoms with Crippen LogP contribution in [0.2, 0.25) is 0 Å². The van der Waals surface area contributed by atoms with Crippen molar-refractivity contribution in [3.63, 3.8) is 0 Å². The van der Waals surface area contributed by atoms with E-state index in [0.717, 1.165) is 12.5 Å². The minimum Gasteiger partial charge on any atom is -0.307 e. The van der Waals surface area contributed by atoms with Gasteiger partial charge in [-0.25, -0.2) is 0 Å². The van der Waals surface area contributed by atoms with Crippen LogP contribution in [0.4, 0.5) is 0 Å². The molecule has 0 aromatic carbocycles. The Balaban J connectivity index is 1.85. The molecule has 0 atom stereocenters. The standard InChI is InChI=1S/C14H22N2/c1-12-5-7-14(2,8-6-12)16-11-13-4-3-9-15-10-13/h3-4,9-10,12,16H,5-8,11H2,1-2H3. The van der Waals surface area contributed by atoms with Gasteiger partial charge in [0.1, 0.15) is 0 Å². The maximum Gasteiger partial charge on any atom is 0.0312 e. The molecule has 88 valence electrons. The van der Waals surface area contributed by atoms with Crippen molar-refractivity contribution in [2.24, 2.45) is 5.92 Å². The van der Waals surface area contributed by atoms with Gasteiger partial charge in [0.2, 0.25) is 0 Å². The largest absolute Gasteiger partial charge is 0.307 e. The third-order valence-corrected chi connectivity index (χ3v) is 3.82. The summed E-state index contributed by atoms with van der Waals surface area (Å²) >= 11 is 0. The van der Waals surface area contributed by atoms with Crippen LogP contribution in [0.3, 0.4) is 0 Å². The number of nitrogens with zero attached hydrogens (tertiary/aromatic N) is 1. The molecule has 2 nitrogen and oxygen atoms in total. The van der Waals surface area contributed by atoms with E-state index in [-0.39, 0.29) is 0 Å². The number of pyridine rings is 1. The molecule has 1 heterocycles. The molecule has 1 aromatic rings. The lowest BCUT2D eigenvalue weighted by Crippen LogP contribution is -2.44. The highest BCUT2D eigenvalue weighted by Crippen LogP contribution is 2.31. The van der Waals surface area contributed by atoms with E-state index in [2.05, 4.69) is 30.2 Å². The second-order valence-corrected chi connectivity index (χ2v) is 5.46. The summed E-state index contributed by atoms with van der Waals surface area (Å²) in [5.74, 6) is 0.910. The van der Waals surface area contributed by atoms with Crippen molar-refractivity contribution in [2.45, 2.75) is 51.6 Å². The maximum atomic E-state index is 4.14. The highest BCUT2D eigenvalue weighted by Gasteiger charge is 2.28. The number of hydrogen-bond acceptors (Lipinski definition) is 2. The molecule has 1 aliphatic rings. The molecule has 1 N–H and O–H groups in total. The van der Waals surface area contributed by atoms with Crippen LogP contribution in [0, 0.1) is 5.92 Å². The molecule has 16 heavy (non-hydrogen) atoms. The van der Waals surface area contributed by atoms with Crippen LogP contribution < -0.4 is 5.32 Å². The topological polar surface area (TPSA) is 24.9 Å². The van der Waals surface area contributed by atoms with Crippen molar-refractivity contribution in [3.8, 4) is 0 Å². The van der Waals surface area contributed by atoms with Gasteiger partial charge in [-0.2, -0.15) is 0 Å². The van der Waals surface area contributed by atoms with Gasteiger partial charge >= 0.3 is 0 Å². The minimum atomic E-state index is 0.336. The van der Waals surface area contributed by atoms with E-state index in [1.54, 1.807) is 0 Å². The second-order valence-electron chi connectivity index (χ2n) is 5.46. The normalized spacial score (nSPS) is 30.2. The number of nitrogens with one attached hydrogen (secondary N) is 1. The first-order valence-electron chi connectivity index (χ1n) is 6.32. The smallest absolute Gasteiger partial charge is 0.0312 e. The first kappa shape index (κ1) is 11.6. The maximum absolute atomic E-state index is 4.14. The van der Waals surface area contributed by atoms with E-state index in [0.29, 0.717) is 5.54 Å². The fraction of sp³-hybridized carbons (Fsp3) is 0.643. The molecular weight excluding hydrogens is 196 g/mol. The van der Waals surface area contributed by atoms with Gasteiger partial charge in [0.25, 0.3) is 0 Å². The average Bonchev–Trinajstić information content (AvgIpc) is 2.33. The molecule has 2 rings (SSSR count). The van der Waals surface area contributed by atoms with Crippen molar-refractivity contribution in [2.75, 3.05) is 0 Å². The fourth-order valence-corrected chi connectivity index (χ4v) is 2.39. The molecule has 0 aliphatic heterocycles. The molecule has 0 spiro atoms. The summed E-state index contributed by atoms with van der Waals surface area (Å²) in [6.45, 7) is 5.66. The van der Waals surface area contributed by atoms with Gasteiger partial charge in [-0.15, -0.1) is 0 Å². The van der Waals surface area contributed by atoms with Gasteiger partial charge in [0.05, 0.1) is 0 Å². The molecular formula is C14H22N2. The molecule has 1 fully saturated rings. The zero-order valence-corrected chi connectivity index (χ0v) is 10.4. The van der Waals surface area contributed by atoms with Crippen molar-refractivity contribution >= 4 is 0 Å². The summed E-state index contributed by atoms with van der Waals surface area (Å²) in [6, 6.07) is 4.14. The predicted molar refractivity (Wildman–Crippen MR) is 67.1 cm³/mol. The quantitative estimate of drug-likeness (QED) is 0.843. The summed E-state index contributed by atoms with van der Waals surface area (Å²) in [4.78, 5) is 4.14. The lowest BCUT2D eigenvalue weighted by molar-refractivity contribution is 0.212. The van der Waals surface area contributed by atoms with Crippen molar-refractivity contribution < 1.29 is 0 Å². The van der Waals surface area contributed by atoms with Gasteiger partial charge in [-0.05, 0) is 50.2 Å². The van der Waals surface area contributed by atoms with Crippen LogP contribution in [0.15, 0.2) is 24.5 Å². The minimum absolute atomic E-state index is 0.336. The van der Waals surface area contributed by atoms with Crippen LogP contribution in [0.1, 0.15) is 45.1 Å². The van der Waals surface area contributed by atoms with E-state index >= 15 is 0 Å². The van der Waals surface area contributed by atoms with Crippen molar-refractivity contribution in [3.05, 3.63) is 30.1 Å². The Morgan fingerprint density at radius 2 is 2.19 bits per heavy atom.